The van der Waals surface area contributed by atoms with Gasteiger partial charge in [-0.3, -0.25) is 0 Å². The highest BCUT2D eigenvalue weighted by Gasteiger charge is 2.00. The maximum atomic E-state index is 8.88. The number of hydrogen-bond donors (Lipinski definition) is 3. The van der Waals surface area contributed by atoms with Crippen LogP contribution in [0, 0.1) is 0 Å². The van der Waals surface area contributed by atoms with Gasteiger partial charge in [-0.2, -0.15) is 0 Å². The van der Waals surface area contributed by atoms with Crippen LogP contribution in [0.2, 0.25) is 0 Å². The van der Waals surface area contributed by atoms with Gasteiger partial charge in [-0.15, -0.1) is 0 Å². The van der Waals surface area contributed by atoms with Crippen molar-refractivity contribution in [2.24, 2.45) is 0 Å². The highest BCUT2D eigenvalue weighted by molar-refractivity contribution is 7.45. The van der Waals surface area contributed by atoms with E-state index in [-0.39, 0.29) is 0 Å². The van der Waals surface area contributed by atoms with Crippen molar-refractivity contribution in [3.05, 3.63) is 42.7 Å². The molecule has 1 rings (SSSR count). The number of benzene rings is 1. The molecule has 0 aromatic heterocycles. The highest BCUT2D eigenvalue weighted by atomic mass is 31.2. The molecule has 1 aromatic carbocycles. The molecule has 0 fully saturated rings. The molecule has 0 heterocycles. The third-order valence-corrected chi connectivity index (χ3v) is 2.64. The molecule has 0 atom stereocenters. The van der Waals surface area contributed by atoms with E-state index < -0.39 is 7.82 Å². The van der Waals surface area contributed by atoms with Gasteiger partial charge >= 0.3 is 7.82 Å². The minimum atomic E-state index is -4.64. The van der Waals surface area contributed by atoms with Gasteiger partial charge in [0, 0.05) is 21.5 Å². The summed E-state index contributed by atoms with van der Waals surface area (Å²) in [6, 6.07) is 8.88. The van der Waals surface area contributed by atoms with Gasteiger partial charge in [0.05, 0.1) is 0 Å². The van der Waals surface area contributed by atoms with Crippen molar-refractivity contribution in [2.45, 2.75) is 45.4 Å². The molecule has 0 amide bonds. The fraction of sp³-hybridized carbons (Fsp3) is 0.467. The van der Waals surface area contributed by atoms with Crippen LogP contribution in [-0.2, 0) is 24.6 Å². The predicted octanol–water partition coefficient (Wildman–Crippen LogP) is 3.74. The molecule has 0 saturated heterocycles. The first-order valence-corrected chi connectivity index (χ1v) is 9.25. The maximum absolute atomic E-state index is 8.88. The zero-order valence-corrected chi connectivity index (χ0v) is 15.0. The number of phosphoric acid groups is 1. The zero-order valence-electron chi connectivity index (χ0n) is 14.1. The minimum absolute atomic E-state index is 0.491. The summed E-state index contributed by atoms with van der Waals surface area (Å²) in [5, 5.41) is 12.9. The normalized spacial score (nSPS) is 10.6. The van der Waals surface area contributed by atoms with Gasteiger partial charge in [-0.05, 0) is 18.6 Å². The topological polar surface area (TPSA) is 124 Å². The Morgan fingerprint density at radius 2 is 1.60 bits per heavy atom. The van der Waals surface area contributed by atoms with Crippen molar-refractivity contribution in [1.82, 2.24) is 0 Å². The first-order chi connectivity index (χ1) is 11.8. The Labute approximate surface area is 146 Å². The van der Waals surface area contributed by atoms with Gasteiger partial charge in [-0.25, -0.2) is 4.57 Å². The SMILES string of the molecule is C=C(CCCCCCC)OOOOOc1ccccc1.O=P(O)(O)O. The van der Waals surface area contributed by atoms with E-state index in [1.54, 1.807) is 24.3 Å². The van der Waals surface area contributed by atoms with Gasteiger partial charge in [0.25, 0.3) is 0 Å². The Balaban J connectivity index is 0.00000101. The van der Waals surface area contributed by atoms with Crippen LogP contribution in [0.1, 0.15) is 45.4 Å². The Bertz CT molecular complexity index is 481. The minimum Gasteiger partial charge on any atom is -0.311 e. The highest BCUT2D eigenvalue weighted by Crippen LogP contribution is 2.25. The summed E-state index contributed by atoms with van der Waals surface area (Å²) in [6.45, 7) is 5.89. The molecule has 0 unspecified atom stereocenters. The van der Waals surface area contributed by atoms with E-state index in [1.165, 1.54) is 19.3 Å². The lowest BCUT2D eigenvalue weighted by Crippen LogP contribution is -2.01. The monoisotopic (exact) mass is 380 g/mol. The summed E-state index contributed by atoms with van der Waals surface area (Å²) in [5.41, 5.74) is 0. The Hall–Kier alpha value is -1.45. The number of allylic oxidation sites excluding steroid dienone is 1. The first-order valence-electron chi connectivity index (χ1n) is 7.68. The molecule has 144 valence electrons. The van der Waals surface area contributed by atoms with Crippen LogP contribution in [0.4, 0.5) is 0 Å². The molecule has 0 aliphatic rings. The van der Waals surface area contributed by atoms with Gasteiger partial charge in [0.2, 0.25) is 0 Å². The molecule has 9 nitrogen and oxygen atoms in total. The second-order valence-electron chi connectivity index (χ2n) is 4.90. The smallest absolute Gasteiger partial charge is 0.311 e. The Morgan fingerprint density at radius 1 is 1.00 bits per heavy atom. The Morgan fingerprint density at radius 3 is 2.20 bits per heavy atom. The molecule has 25 heavy (non-hydrogen) atoms. The average molecular weight is 380 g/mol. The standard InChI is InChI=1S/C15H22O5.H3O4P/c1-3-4-5-6-8-11-14(2)16-18-20-19-17-15-12-9-7-10-13-15;1-5(2,3)4/h7,9-10,12-13H,2-6,8,11H2,1H3;(H3,1,2,3,4). The van der Waals surface area contributed by atoms with Crippen LogP contribution in [-0.4, -0.2) is 14.7 Å². The summed E-state index contributed by atoms with van der Waals surface area (Å²) in [5.74, 6) is 0.982. The first kappa shape index (κ1) is 23.5. The molecular weight excluding hydrogens is 355 g/mol. The molecule has 3 N–H and O–H groups in total. The largest absolute Gasteiger partial charge is 0.466 e. The van der Waals surface area contributed by atoms with Gasteiger partial charge < -0.3 is 24.5 Å². The van der Waals surface area contributed by atoms with Crippen LogP contribution >= 0.6 is 7.82 Å². The maximum Gasteiger partial charge on any atom is 0.466 e. The van der Waals surface area contributed by atoms with Crippen LogP contribution in [0.25, 0.3) is 0 Å². The molecular formula is C15H25O9P. The van der Waals surface area contributed by atoms with Crippen molar-refractivity contribution in [3.63, 3.8) is 0 Å². The lowest BCUT2D eigenvalue weighted by atomic mass is 10.1. The van der Waals surface area contributed by atoms with E-state index >= 15 is 0 Å². The van der Waals surface area contributed by atoms with Crippen molar-refractivity contribution < 1.29 is 44.1 Å². The van der Waals surface area contributed by atoms with Crippen LogP contribution < -0.4 is 4.89 Å². The number of hydrogen-bond acceptors (Lipinski definition) is 6. The third kappa shape index (κ3) is 20.5. The average Bonchev–Trinajstić information content (AvgIpc) is 2.54. The summed E-state index contributed by atoms with van der Waals surface area (Å²) in [6.07, 6.45) is 6.63. The van der Waals surface area contributed by atoms with Crippen LogP contribution in [0.5, 0.6) is 5.75 Å². The fourth-order valence-corrected chi connectivity index (χ4v) is 1.57. The number of rotatable bonds is 12. The summed E-state index contributed by atoms with van der Waals surface area (Å²) in [7, 11) is -4.64. The van der Waals surface area contributed by atoms with Crippen molar-refractivity contribution in [2.75, 3.05) is 0 Å². The van der Waals surface area contributed by atoms with E-state index in [2.05, 4.69) is 28.6 Å². The number of unbranched alkanes of at least 4 members (excludes halogenated alkanes) is 4. The van der Waals surface area contributed by atoms with E-state index in [1.807, 2.05) is 6.07 Å². The van der Waals surface area contributed by atoms with Crippen LogP contribution in [0.15, 0.2) is 42.7 Å². The molecule has 0 aliphatic heterocycles. The molecule has 1 aromatic rings. The Kier molecular flexibility index (Phi) is 14.0. The van der Waals surface area contributed by atoms with Gasteiger partial charge in [-0.1, -0.05) is 57.4 Å². The second kappa shape index (κ2) is 14.9. The quantitative estimate of drug-likeness (QED) is 0.163. The van der Waals surface area contributed by atoms with Crippen molar-refractivity contribution in [3.8, 4) is 5.75 Å². The van der Waals surface area contributed by atoms with E-state index in [4.69, 9.17) is 29.0 Å². The second-order valence-corrected chi connectivity index (χ2v) is 5.93. The van der Waals surface area contributed by atoms with E-state index in [0.717, 1.165) is 19.3 Å². The molecule has 0 aliphatic carbocycles. The molecule has 0 spiro atoms. The van der Waals surface area contributed by atoms with Crippen molar-refractivity contribution in [1.29, 1.82) is 0 Å². The summed E-state index contributed by atoms with van der Waals surface area (Å²) in [4.78, 5) is 31.1. The fourth-order valence-electron chi connectivity index (χ4n) is 1.57. The lowest BCUT2D eigenvalue weighted by Gasteiger charge is -2.05. The number of para-hydroxylation sites is 1. The lowest BCUT2D eigenvalue weighted by molar-refractivity contribution is -0.684. The molecule has 0 saturated carbocycles. The van der Waals surface area contributed by atoms with Crippen molar-refractivity contribution >= 4 is 7.82 Å². The van der Waals surface area contributed by atoms with Crippen LogP contribution in [0.3, 0.4) is 0 Å². The summed E-state index contributed by atoms with van der Waals surface area (Å²) >= 11 is 0. The van der Waals surface area contributed by atoms with E-state index in [0.29, 0.717) is 11.5 Å². The predicted molar refractivity (Wildman–Crippen MR) is 88.2 cm³/mol. The molecule has 10 heteroatoms. The van der Waals surface area contributed by atoms with E-state index in [9.17, 15) is 0 Å². The van der Waals surface area contributed by atoms with Gasteiger partial charge in [0.15, 0.2) is 5.75 Å². The van der Waals surface area contributed by atoms with Gasteiger partial charge in [0.1, 0.15) is 5.76 Å². The third-order valence-electron chi connectivity index (χ3n) is 2.64. The molecule has 0 bridgehead atoms. The molecule has 0 radical (unpaired) electrons. The zero-order chi connectivity index (χ0) is 19.0. The summed E-state index contributed by atoms with van der Waals surface area (Å²) < 4.78 is 8.88.